The van der Waals surface area contributed by atoms with Crippen LogP contribution in [0.2, 0.25) is 0 Å². The molecule has 0 spiro atoms. The Bertz CT molecular complexity index is 2790. The van der Waals surface area contributed by atoms with Gasteiger partial charge in [0.25, 0.3) is 0 Å². The first-order valence-electron chi connectivity index (χ1n) is 16.2. The summed E-state index contributed by atoms with van der Waals surface area (Å²) < 4.78 is 4.69. The van der Waals surface area contributed by atoms with Crippen molar-refractivity contribution in [2.45, 2.75) is 0 Å². The minimum atomic E-state index is 0.736. The molecule has 0 aliphatic carbocycles. The van der Waals surface area contributed by atoms with Crippen LogP contribution in [0.15, 0.2) is 164 Å². The molecule has 0 saturated carbocycles. The van der Waals surface area contributed by atoms with E-state index in [1.165, 1.54) is 42.8 Å². The number of nitrogens with zero attached hydrogens (tertiary/aromatic N) is 3. The Hall–Kier alpha value is -6.10. The van der Waals surface area contributed by atoms with Crippen LogP contribution < -0.4 is 0 Å². The van der Waals surface area contributed by atoms with Crippen molar-refractivity contribution in [1.29, 1.82) is 0 Å². The molecule has 3 aromatic heterocycles. The minimum Gasteiger partial charge on any atom is -0.309 e. The molecule has 224 valence electrons. The summed E-state index contributed by atoms with van der Waals surface area (Å²) in [6.45, 7) is 0. The van der Waals surface area contributed by atoms with Crippen LogP contribution >= 0.6 is 11.3 Å². The van der Waals surface area contributed by atoms with Gasteiger partial charge in [0, 0.05) is 37.7 Å². The van der Waals surface area contributed by atoms with Gasteiger partial charge in [-0.25, -0.2) is 9.97 Å². The maximum absolute atomic E-state index is 5.33. The molecule has 3 heterocycles. The Labute approximate surface area is 281 Å². The summed E-state index contributed by atoms with van der Waals surface area (Å²) in [6, 6.07) is 58.3. The molecule has 0 amide bonds. The van der Waals surface area contributed by atoms with E-state index >= 15 is 0 Å². The highest BCUT2D eigenvalue weighted by Crippen LogP contribution is 2.45. The van der Waals surface area contributed by atoms with Crippen LogP contribution in [-0.4, -0.2) is 14.5 Å². The third-order valence-corrected chi connectivity index (χ3v) is 10.6. The first-order chi connectivity index (χ1) is 23.8. The van der Waals surface area contributed by atoms with Gasteiger partial charge in [0.15, 0.2) is 5.82 Å². The van der Waals surface area contributed by atoms with Crippen molar-refractivity contribution < 1.29 is 0 Å². The molecule has 10 rings (SSSR count). The maximum Gasteiger partial charge on any atom is 0.160 e. The van der Waals surface area contributed by atoms with Crippen molar-refractivity contribution in [1.82, 2.24) is 14.5 Å². The predicted molar refractivity (Wildman–Crippen MR) is 203 cm³/mol. The lowest BCUT2D eigenvalue weighted by Crippen LogP contribution is -1.95. The van der Waals surface area contributed by atoms with Gasteiger partial charge >= 0.3 is 0 Å². The van der Waals surface area contributed by atoms with Gasteiger partial charge in [-0.1, -0.05) is 133 Å². The van der Waals surface area contributed by atoms with E-state index in [4.69, 9.17) is 9.97 Å². The van der Waals surface area contributed by atoms with Gasteiger partial charge < -0.3 is 4.57 Å². The highest BCUT2D eigenvalue weighted by molar-refractivity contribution is 7.26. The second-order valence-corrected chi connectivity index (χ2v) is 13.2. The summed E-state index contributed by atoms with van der Waals surface area (Å²) in [7, 11) is 0. The van der Waals surface area contributed by atoms with Crippen molar-refractivity contribution in [2.24, 2.45) is 0 Å². The molecule has 7 aromatic carbocycles. The average Bonchev–Trinajstić information content (AvgIpc) is 3.71. The Morgan fingerprint density at radius 1 is 0.479 bits per heavy atom. The van der Waals surface area contributed by atoms with Gasteiger partial charge in [-0.05, 0) is 52.2 Å². The highest BCUT2D eigenvalue weighted by Gasteiger charge is 2.21. The number of fused-ring (bicyclic) bond motifs is 7. The predicted octanol–water partition coefficient (Wildman–Crippen LogP) is 12.1. The number of hydrogen-bond donors (Lipinski definition) is 0. The number of hydrogen-bond acceptors (Lipinski definition) is 3. The standard InChI is InChI=1S/C44H27N3S/c1-2-14-29(15-3-1)44-45-41(36-23-11-16-28-13-4-5-19-32(28)36)43-42(46-44)40-33(22-12-26-39(40)48-43)30-17-10-18-31(27-30)47-37-24-8-6-20-34(37)35-21-7-9-25-38(35)47/h1-27H. The van der Waals surface area contributed by atoms with Gasteiger partial charge in [-0.3, -0.25) is 0 Å². The van der Waals surface area contributed by atoms with E-state index in [1.807, 2.05) is 6.07 Å². The molecule has 0 bridgehead atoms. The van der Waals surface area contributed by atoms with E-state index in [1.54, 1.807) is 11.3 Å². The zero-order valence-electron chi connectivity index (χ0n) is 25.8. The van der Waals surface area contributed by atoms with Crippen LogP contribution in [0.1, 0.15) is 0 Å². The molecule has 0 aliphatic rings. The molecule has 0 radical (unpaired) electrons. The third kappa shape index (κ3) is 4.13. The summed E-state index contributed by atoms with van der Waals surface area (Å²) in [5.74, 6) is 0.736. The van der Waals surface area contributed by atoms with Crippen molar-refractivity contribution in [3.05, 3.63) is 164 Å². The smallest absolute Gasteiger partial charge is 0.160 e. The molecule has 10 aromatic rings. The summed E-state index contributed by atoms with van der Waals surface area (Å²) in [5.41, 5.74) is 9.97. The van der Waals surface area contributed by atoms with Crippen molar-refractivity contribution in [2.75, 3.05) is 0 Å². The van der Waals surface area contributed by atoms with Crippen molar-refractivity contribution in [3.63, 3.8) is 0 Å². The molecular weight excluding hydrogens is 603 g/mol. The quantitative estimate of drug-likeness (QED) is 0.194. The van der Waals surface area contributed by atoms with E-state index in [0.717, 1.165) is 49.5 Å². The number of para-hydroxylation sites is 2. The molecular formula is C44H27N3S. The maximum atomic E-state index is 5.33. The molecule has 0 fully saturated rings. The molecule has 0 N–H and O–H groups in total. The summed E-state index contributed by atoms with van der Waals surface area (Å²) in [5, 5.41) is 6.08. The van der Waals surface area contributed by atoms with E-state index in [0.29, 0.717) is 0 Å². The van der Waals surface area contributed by atoms with Crippen LogP contribution in [-0.2, 0) is 0 Å². The molecule has 0 saturated heterocycles. The largest absolute Gasteiger partial charge is 0.309 e. The van der Waals surface area contributed by atoms with Crippen LogP contribution in [0.25, 0.3) is 92.3 Å². The molecule has 48 heavy (non-hydrogen) atoms. The number of rotatable bonds is 4. The second kappa shape index (κ2) is 10.7. The first-order valence-corrected chi connectivity index (χ1v) is 17.0. The van der Waals surface area contributed by atoms with Crippen molar-refractivity contribution in [3.8, 4) is 39.5 Å². The van der Waals surface area contributed by atoms with Crippen LogP contribution in [0, 0.1) is 0 Å². The topological polar surface area (TPSA) is 30.7 Å². The van der Waals surface area contributed by atoms with Crippen LogP contribution in [0.5, 0.6) is 0 Å². The Kier molecular flexibility index (Phi) is 6.05. The lowest BCUT2D eigenvalue weighted by molar-refractivity contribution is 1.18. The van der Waals surface area contributed by atoms with E-state index < -0.39 is 0 Å². The fraction of sp³-hybridized carbons (Fsp3) is 0. The third-order valence-electron chi connectivity index (χ3n) is 9.41. The Balaban J connectivity index is 1.25. The molecule has 0 unspecified atom stereocenters. The van der Waals surface area contributed by atoms with Gasteiger partial charge in [0.05, 0.1) is 26.9 Å². The van der Waals surface area contributed by atoms with Gasteiger partial charge in [0.1, 0.15) is 0 Å². The van der Waals surface area contributed by atoms with Crippen molar-refractivity contribution >= 4 is 64.2 Å². The highest BCUT2D eigenvalue weighted by atomic mass is 32.1. The van der Waals surface area contributed by atoms with Gasteiger partial charge in [-0.2, -0.15) is 0 Å². The number of thiophene rings is 1. The lowest BCUT2D eigenvalue weighted by atomic mass is 9.98. The molecule has 0 atom stereocenters. The fourth-order valence-electron chi connectivity index (χ4n) is 7.27. The van der Waals surface area contributed by atoms with E-state index in [2.05, 4.69) is 162 Å². The zero-order valence-corrected chi connectivity index (χ0v) is 26.7. The number of aromatic nitrogens is 3. The average molecular weight is 630 g/mol. The van der Waals surface area contributed by atoms with E-state index in [-0.39, 0.29) is 0 Å². The van der Waals surface area contributed by atoms with Gasteiger partial charge in [0.2, 0.25) is 0 Å². The monoisotopic (exact) mass is 629 g/mol. The minimum absolute atomic E-state index is 0.736. The Morgan fingerprint density at radius 3 is 1.92 bits per heavy atom. The van der Waals surface area contributed by atoms with Crippen LogP contribution in [0.4, 0.5) is 0 Å². The van der Waals surface area contributed by atoms with Crippen LogP contribution in [0.3, 0.4) is 0 Å². The Morgan fingerprint density at radius 2 is 1.10 bits per heavy atom. The molecule has 3 nitrogen and oxygen atoms in total. The number of benzene rings is 7. The van der Waals surface area contributed by atoms with E-state index in [9.17, 15) is 0 Å². The van der Waals surface area contributed by atoms with Gasteiger partial charge in [-0.15, -0.1) is 11.3 Å². The first kappa shape index (κ1) is 27.1. The summed E-state index contributed by atoms with van der Waals surface area (Å²) in [6.07, 6.45) is 0. The second-order valence-electron chi connectivity index (χ2n) is 12.2. The summed E-state index contributed by atoms with van der Waals surface area (Å²) in [4.78, 5) is 10.6. The normalized spacial score (nSPS) is 11.8. The summed E-state index contributed by atoms with van der Waals surface area (Å²) >= 11 is 1.78. The lowest BCUT2D eigenvalue weighted by Gasteiger charge is -2.12. The fourth-order valence-corrected chi connectivity index (χ4v) is 8.44. The molecule has 0 aliphatic heterocycles. The zero-order chi connectivity index (χ0) is 31.6. The SMILES string of the molecule is c1ccc(-c2nc(-c3cccc4ccccc34)c3sc4cccc(-c5cccc(-n6c7ccccc7c7ccccc76)c5)c4c3n2)cc1. The molecule has 4 heteroatoms.